The Kier molecular flexibility index (Phi) is 7.03. The SMILES string of the molecule is Cc1cc(C)cc(-c2cc(O)ccc2C(CC(C)C)c2ccc(O)cc2-c2cc(C)cc(C)c2)c1. The molecule has 2 heteroatoms. The lowest BCUT2D eigenvalue weighted by atomic mass is 9.78. The van der Waals surface area contributed by atoms with Crippen molar-refractivity contribution in [2.75, 3.05) is 0 Å². The molecule has 0 bridgehead atoms. The molecule has 0 heterocycles. The van der Waals surface area contributed by atoms with E-state index in [4.69, 9.17) is 0 Å². The van der Waals surface area contributed by atoms with Gasteiger partial charge in [-0.05, 0) is 97.7 Å². The first kappa shape index (κ1) is 24.6. The number of aryl methyl sites for hydroxylation is 4. The highest BCUT2D eigenvalue weighted by atomic mass is 16.3. The molecule has 0 amide bonds. The molecular weight excluding hydrogens is 428 g/mol. The third-order valence-corrected chi connectivity index (χ3v) is 6.60. The van der Waals surface area contributed by atoms with E-state index in [0.717, 1.165) is 28.7 Å². The summed E-state index contributed by atoms with van der Waals surface area (Å²) >= 11 is 0. The van der Waals surface area contributed by atoms with Gasteiger partial charge in [0, 0.05) is 5.92 Å². The molecular formula is C33H36O2. The van der Waals surface area contributed by atoms with E-state index < -0.39 is 0 Å². The highest BCUT2D eigenvalue weighted by molar-refractivity contribution is 5.76. The van der Waals surface area contributed by atoms with Gasteiger partial charge in [0.2, 0.25) is 0 Å². The van der Waals surface area contributed by atoms with Crippen molar-refractivity contribution >= 4 is 0 Å². The fourth-order valence-corrected chi connectivity index (χ4v) is 5.35. The first-order valence-corrected chi connectivity index (χ1v) is 12.4. The Hall–Kier alpha value is -3.52. The summed E-state index contributed by atoms with van der Waals surface area (Å²) < 4.78 is 0. The summed E-state index contributed by atoms with van der Waals surface area (Å²) in [4.78, 5) is 0. The van der Waals surface area contributed by atoms with Crippen LogP contribution in [0.3, 0.4) is 0 Å². The van der Waals surface area contributed by atoms with Gasteiger partial charge in [-0.15, -0.1) is 0 Å². The number of phenolic OH excluding ortho intramolecular Hbond substituents is 2. The van der Waals surface area contributed by atoms with Crippen LogP contribution in [0.4, 0.5) is 0 Å². The molecule has 0 atom stereocenters. The Labute approximate surface area is 209 Å². The molecule has 180 valence electrons. The van der Waals surface area contributed by atoms with Crippen molar-refractivity contribution in [3.8, 4) is 33.8 Å². The number of rotatable bonds is 6. The number of hydrogen-bond acceptors (Lipinski definition) is 2. The third-order valence-electron chi connectivity index (χ3n) is 6.60. The highest BCUT2D eigenvalue weighted by Crippen LogP contribution is 2.43. The normalized spacial score (nSPS) is 11.4. The van der Waals surface area contributed by atoms with E-state index in [0.29, 0.717) is 5.92 Å². The van der Waals surface area contributed by atoms with Crippen LogP contribution in [0.15, 0.2) is 72.8 Å². The number of hydrogen-bond donors (Lipinski definition) is 2. The Morgan fingerprint density at radius 2 is 0.914 bits per heavy atom. The minimum Gasteiger partial charge on any atom is -0.508 e. The molecule has 0 aliphatic heterocycles. The van der Waals surface area contributed by atoms with E-state index in [9.17, 15) is 10.2 Å². The van der Waals surface area contributed by atoms with Gasteiger partial charge in [0.25, 0.3) is 0 Å². The van der Waals surface area contributed by atoms with E-state index in [2.05, 4.69) is 90.1 Å². The third kappa shape index (κ3) is 5.59. The molecule has 0 saturated carbocycles. The van der Waals surface area contributed by atoms with Gasteiger partial charge in [0.1, 0.15) is 11.5 Å². The van der Waals surface area contributed by atoms with Crippen molar-refractivity contribution < 1.29 is 10.2 Å². The molecule has 2 nitrogen and oxygen atoms in total. The summed E-state index contributed by atoms with van der Waals surface area (Å²) in [6, 6.07) is 24.7. The van der Waals surface area contributed by atoms with Gasteiger partial charge in [-0.2, -0.15) is 0 Å². The average molecular weight is 465 g/mol. The highest BCUT2D eigenvalue weighted by Gasteiger charge is 2.24. The molecule has 0 aromatic heterocycles. The zero-order chi connectivity index (χ0) is 25.3. The summed E-state index contributed by atoms with van der Waals surface area (Å²) in [5, 5.41) is 20.9. The predicted octanol–water partition coefficient (Wildman–Crippen LogP) is 8.84. The maximum absolute atomic E-state index is 10.5. The van der Waals surface area contributed by atoms with Crippen molar-refractivity contribution in [2.45, 2.75) is 53.9 Å². The molecule has 4 aromatic rings. The van der Waals surface area contributed by atoms with Gasteiger partial charge in [-0.25, -0.2) is 0 Å². The fraction of sp³-hybridized carbons (Fsp3) is 0.273. The van der Waals surface area contributed by atoms with Crippen LogP contribution in [-0.4, -0.2) is 10.2 Å². The van der Waals surface area contributed by atoms with Crippen molar-refractivity contribution in [2.24, 2.45) is 5.92 Å². The molecule has 0 aliphatic rings. The van der Waals surface area contributed by atoms with Gasteiger partial charge >= 0.3 is 0 Å². The van der Waals surface area contributed by atoms with Gasteiger partial charge in [0.05, 0.1) is 0 Å². The lowest BCUT2D eigenvalue weighted by molar-refractivity contribution is 0.474. The molecule has 0 aliphatic carbocycles. The van der Waals surface area contributed by atoms with Crippen LogP contribution >= 0.6 is 0 Å². The maximum atomic E-state index is 10.5. The predicted molar refractivity (Wildman–Crippen MR) is 147 cm³/mol. The number of phenols is 2. The first-order chi connectivity index (χ1) is 16.6. The molecule has 4 rings (SSSR count). The van der Waals surface area contributed by atoms with Gasteiger partial charge in [-0.3, -0.25) is 0 Å². The van der Waals surface area contributed by atoms with Crippen LogP contribution in [-0.2, 0) is 0 Å². The Morgan fingerprint density at radius 1 is 0.543 bits per heavy atom. The van der Waals surface area contributed by atoms with Crippen LogP contribution in [0.25, 0.3) is 22.3 Å². The lowest BCUT2D eigenvalue weighted by Gasteiger charge is -2.26. The Bertz CT molecular complexity index is 1220. The fourth-order valence-electron chi connectivity index (χ4n) is 5.35. The lowest BCUT2D eigenvalue weighted by Crippen LogP contribution is -2.08. The molecule has 35 heavy (non-hydrogen) atoms. The zero-order valence-electron chi connectivity index (χ0n) is 21.7. The van der Waals surface area contributed by atoms with Gasteiger partial charge in [-0.1, -0.05) is 84.6 Å². The summed E-state index contributed by atoms with van der Waals surface area (Å²) in [7, 11) is 0. The smallest absolute Gasteiger partial charge is 0.116 e. The van der Waals surface area contributed by atoms with Gasteiger partial charge in [0.15, 0.2) is 0 Å². The largest absolute Gasteiger partial charge is 0.508 e. The molecule has 4 aromatic carbocycles. The first-order valence-electron chi connectivity index (χ1n) is 12.4. The van der Waals surface area contributed by atoms with E-state index in [1.807, 2.05) is 12.1 Å². The van der Waals surface area contributed by atoms with E-state index in [-0.39, 0.29) is 17.4 Å². The van der Waals surface area contributed by atoms with Crippen LogP contribution in [0.5, 0.6) is 11.5 Å². The quantitative estimate of drug-likeness (QED) is 0.299. The summed E-state index contributed by atoms with van der Waals surface area (Å²) in [5.41, 5.74) is 11.6. The van der Waals surface area contributed by atoms with E-state index in [1.54, 1.807) is 12.1 Å². The van der Waals surface area contributed by atoms with E-state index in [1.165, 1.54) is 33.4 Å². The van der Waals surface area contributed by atoms with Crippen LogP contribution in [0.2, 0.25) is 0 Å². The van der Waals surface area contributed by atoms with Gasteiger partial charge < -0.3 is 10.2 Å². The Morgan fingerprint density at radius 3 is 1.26 bits per heavy atom. The standard InChI is InChI=1S/C33H36O2/c1-20(2)11-33(29-9-7-27(34)18-31(29)25-14-21(3)12-22(4)15-25)30-10-8-28(35)19-32(30)26-16-23(5)13-24(6)17-26/h7-10,12-20,33-35H,11H2,1-6H3. The zero-order valence-corrected chi connectivity index (χ0v) is 21.7. The summed E-state index contributed by atoms with van der Waals surface area (Å²) in [6.07, 6.45) is 0.950. The van der Waals surface area contributed by atoms with E-state index >= 15 is 0 Å². The molecule has 0 spiro atoms. The second kappa shape index (κ2) is 10.00. The maximum Gasteiger partial charge on any atom is 0.116 e. The summed E-state index contributed by atoms with van der Waals surface area (Å²) in [6.45, 7) is 13.0. The van der Waals surface area contributed by atoms with Crippen molar-refractivity contribution in [3.05, 3.63) is 106 Å². The minimum atomic E-state index is 0.0998. The van der Waals surface area contributed by atoms with Crippen molar-refractivity contribution in [3.63, 3.8) is 0 Å². The molecule has 0 fully saturated rings. The van der Waals surface area contributed by atoms with Crippen molar-refractivity contribution in [1.82, 2.24) is 0 Å². The van der Waals surface area contributed by atoms with Crippen molar-refractivity contribution in [1.29, 1.82) is 0 Å². The number of aromatic hydroxyl groups is 2. The molecule has 0 unspecified atom stereocenters. The monoisotopic (exact) mass is 464 g/mol. The topological polar surface area (TPSA) is 40.5 Å². The minimum absolute atomic E-state index is 0.0998. The van der Waals surface area contributed by atoms with Crippen LogP contribution < -0.4 is 0 Å². The molecule has 2 N–H and O–H groups in total. The molecule has 0 saturated heterocycles. The number of benzene rings is 4. The Balaban J connectivity index is 1.98. The summed E-state index contributed by atoms with van der Waals surface area (Å²) in [5.74, 6) is 1.10. The second-order valence-electron chi connectivity index (χ2n) is 10.5. The second-order valence-corrected chi connectivity index (χ2v) is 10.5. The van der Waals surface area contributed by atoms with Crippen LogP contribution in [0.1, 0.15) is 59.6 Å². The molecule has 0 radical (unpaired) electrons. The van der Waals surface area contributed by atoms with Crippen LogP contribution in [0, 0.1) is 33.6 Å². The average Bonchev–Trinajstić information content (AvgIpc) is 2.76.